The monoisotopic (exact) mass is 312 g/mol. The van der Waals surface area contributed by atoms with Gasteiger partial charge in [-0.15, -0.1) is 0 Å². The third-order valence-corrected chi connectivity index (χ3v) is 3.99. The van der Waals surface area contributed by atoms with E-state index in [0.29, 0.717) is 17.4 Å². The minimum atomic E-state index is -0.293. The summed E-state index contributed by atoms with van der Waals surface area (Å²) < 4.78 is 0. The lowest BCUT2D eigenvalue weighted by Crippen LogP contribution is -2.54. The van der Waals surface area contributed by atoms with Gasteiger partial charge in [0.1, 0.15) is 11.5 Å². The van der Waals surface area contributed by atoms with Crippen molar-refractivity contribution in [3.05, 3.63) is 22.8 Å². The Morgan fingerprint density at radius 2 is 2.24 bits per heavy atom. The number of rotatable bonds is 4. The highest BCUT2D eigenvalue weighted by molar-refractivity contribution is 6.33. The average molecular weight is 313 g/mol. The quantitative estimate of drug-likeness (QED) is 0.536. The molecule has 1 fully saturated rings. The number of nitrogen functional groups attached to an aromatic ring is 1. The average Bonchev–Trinajstić information content (AvgIpc) is 2.48. The van der Waals surface area contributed by atoms with E-state index in [1.807, 2.05) is 0 Å². The van der Waals surface area contributed by atoms with Gasteiger partial charge >= 0.3 is 0 Å². The van der Waals surface area contributed by atoms with Crippen molar-refractivity contribution in [2.75, 3.05) is 45.7 Å². The molecule has 0 aromatic carbocycles. The fourth-order valence-electron chi connectivity index (χ4n) is 2.30. The van der Waals surface area contributed by atoms with Gasteiger partial charge in [-0.3, -0.25) is 9.69 Å². The Kier molecular flexibility index (Phi) is 5.35. The molecule has 1 amide bonds. The van der Waals surface area contributed by atoms with Crippen molar-refractivity contribution in [1.29, 1.82) is 0 Å². The lowest BCUT2D eigenvalue weighted by Gasteiger charge is -2.37. The zero-order chi connectivity index (χ0) is 15.4. The zero-order valence-electron chi connectivity index (χ0n) is 12.3. The molecule has 8 heteroatoms. The molecule has 1 aromatic heterocycles. The van der Waals surface area contributed by atoms with E-state index in [2.05, 4.69) is 39.6 Å². The molecule has 7 nitrogen and oxygen atoms in total. The van der Waals surface area contributed by atoms with Crippen LogP contribution in [0.2, 0.25) is 5.02 Å². The van der Waals surface area contributed by atoms with E-state index in [0.717, 1.165) is 19.6 Å². The molecule has 21 heavy (non-hydrogen) atoms. The third-order valence-electron chi connectivity index (χ3n) is 3.69. The second-order valence-electron chi connectivity index (χ2n) is 5.28. The van der Waals surface area contributed by atoms with E-state index >= 15 is 0 Å². The van der Waals surface area contributed by atoms with Crippen molar-refractivity contribution in [2.45, 2.75) is 6.04 Å². The Balaban J connectivity index is 1.98. The molecule has 2 heterocycles. The molecule has 1 atom stereocenters. The predicted molar refractivity (Wildman–Crippen MR) is 83.3 cm³/mol. The second-order valence-corrected chi connectivity index (χ2v) is 5.69. The van der Waals surface area contributed by atoms with Gasteiger partial charge in [-0.2, -0.15) is 0 Å². The summed E-state index contributed by atoms with van der Waals surface area (Å²) in [5.41, 5.74) is 2.58. The maximum absolute atomic E-state index is 12.2. The standard InChI is InChI=1S/C13H21ClN6O/c1-19-5-6-20(2)9(8-19)7-16-13(21)12-10(14)3-4-11(17-12)18-15/h3-4,9H,5-8,15H2,1-2H3,(H,16,21)(H,17,18). The summed E-state index contributed by atoms with van der Waals surface area (Å²) in [4.78, 5) is 20.8. The molecule has 0 aliphatic carbocycles. The number of halogens is 1. The number of carbonyl (C=O) groups is 1. The molecule has 0 radical (unpaired) electrons. The van der Waals surface area contributed by atoms with E-state index in [1.54, 1.807) is 12.1 Å². The van der Waals surface area contributed by atoms with E-state index < -0.39 is 0 Å². The van der Waals surface area contributed by atoms with Crippen LogP contribution in [0.4, 0.5) is 5.82 Å². The smallest absolute Gasteiger partial charge is 0.271 e. The van der Waals surface area contributed by atoms with Crippen LogP contribution in [0, 0.1) is 0 Å². The van der Waals surface area contributed by atoms with Gasteiger partial charge < -0.3 is 15.6 Å². The van der Waals surface area contributed by atoms with Gasteiger partial charge in [-0.05, 0) is 26.2 Å². The van der Waals surface area contributed by atoms with Crippen LogP contribution in [0.1, 0.15) is 10.5 Å². The first-order chi connectivity index (χ1) is 10.0. The summed E-state index contributed by atoms with van der Waals surface area (Å²) in [6.07, 6.45) is 0. The Hall–Kier alpha value is -1.41. The van der Waals surface area contributed by atoms with Gasteiger partial charge in [0.2, 0.25) is 0 Å². The Bertz CT molecular complexity index is 511. The molecular formula is C13H21ClN6O. The van der Waals surface area contributed by atoms with Crippen LogP contribution in [-0.2, 0) is 0 Å². The van der Waals surface area contributed by atoms with Crippen molar-refractivity contribution in [3.8, 4) is 0 Å². The highest BCUT2D eigenvalue weighted by Crippen LogP contribution is 2.16. The number of hydrazine groups is 1. The summed E-state index contributed by atoms with van der Waals surface area (Å²) in [5, 5.41) is 3.20. The first-order valence-electron chi connectivity index (χ1n) is 6.81. The lowest BCUT2D eigenvalue weighted by atomic mass is 10.2. The Morgan fingerprint density at radius 1 is 1.48 bits per heavy atom. The molecule has 0 bridgehead atoms. The Morgan fingerprint density at radius 3 is 2.95 bits per heavy atom. The maximum Gasteiger partial charge on any atom is 0.271 e. The minimum Gasteiger partial charge on any atom is -0.349 e. The van der Waals surface area contributed by atoms with Crippen molar-refractivity contribution >= 4 is 23.3 Å². The predicted octanol–water partition coefficient (Wildman–Crippen LogP) is -0.00380. The number of hydrogen-bond acceptors (Lipinski definition) is 6. The molecule has 1 unspecified atom stereocenters. The van der Waals surface area contributed by atoms with Gasteiger partial charge in [0, 0.05) is 32.2 Å². The molecule has 4 N–H and O–H groups in total. The summed E-state index contributed by atoms with van der Waals surface area (Å²) in [5.74, 6) is 5.40. The third kappa shape index (κ3) is 4.04. The molecule has 0 spiro atoms. The number of nitrogens with zero attached hydrogens (tertiary/aromatic N) is 3. The van der Waals surface area contributed by atoms with Crippen LogP contribution >= 0.6 is 11.6 Å². The SMILES string of the molecule is CN1CCN(C)C(CNC(=O)c2nc(NN)ccc2Cl)C1. The molecule has 116 valence electrons. The van der Waals surface area contributed by atoms with Crippen molar-refractivity contribution in [1.82, 2.24) is 20.1 Å². The fourth-order valence-corrected chi connectivity index (χ4v) is 2.49. The van der Waals surface area contributed by atoms with Gasteiger partial charge in [0.05, 0.1) is 5.02 Å². The fraction of sp³-hybridized carbons (Fsp3) is 0.538. The first kappa shape index (κ1) is 16.0. The topological polar surface area (TPSA) is 86.5 Å². The van der Waals surface area contributed by atoms with E-state index in [9.17, 15) is 4.79 Å². The van der Waals surface area contributed by atoms with E-state index in [-0.39, 0.29) is 17.6 Å². The Labute approximate surface area is 129 Å². The number of carbonyl (C=O) groups excluding carboxylic acids is 1. The highest BCUT2D eigenvalue weighted by atomic mass is 35.5. The number of nitrogens with one attached hydrogen (secondary N) is 2. The van der Waals surface area contributed by atoms with Crippen LogP contribution in [0.5, 0.6) is 0 Å². The first-order valence-corrected chi connectivity index (χ1v) is 7.19. The van der Waals surface area contributed by atoms with Crippen molar-refractivity contribution in [3.63, 3.8) is 0 Å². The summed E-state index contributed by atoms with van der Waals surface area (Å²) in [7, 11) is 4.14. The normalized spacial score (nSPS) is 20.3. The summed E-state index contributed by atoms with van der Waals surface area (Å²) >= 11 is 6.01. The van der Waals surface area contributed by atoms with Crippen molar-refractivity contribution < 1.29 is 4.79 Å². The molecule has 0 saturated carbocycles. The van der Waals surface area contributed by atoms with Crippen LogP contribution < -0.4 is 16.6 Å². The number of hydrogen-bond donors (Lipinski definition) is 3. The number of likely N-dealkylation sites (N-methyl/N-ethyl adjacent to an activating group) is 2. The van der Waals surface area contributed by atoms with Gasteiger partial charge in [-0.1, -0.05) is 11.6 Å². The largest absolute Gasteiger partial charge is 0.349 e. The summed E-state index contributed by atoms with van der Waals surface area (Å²) in [6, 6.07) is 3.49. The molecule has 2 rings (SSSR count). The van der Waals surface area contributed by atoms with Crippen LogP contribution in [0.3, 0.4) is 0 Å². The minimum absolute atomic E-state index is 0.180. The van der Waals surface area contributed by atoms with Gasteiger partial charge in [0.15, 0.2) is 0 Å². The van der Waals surface area contributed by atoms with Crippen molar-refractivity contribution in [2.24, 2.45) is 5.84 Å². The lowest BCUT2D eigenvalue weighted by molar-refractivity contribution is 0.0877. The number of pyridine rings is 1. The van der Waals surface area contributed by atoms with Crippen LogP contribution in [0.25, 0.3) is 0 Å². The van der Waals surface area contributed by atoms with Gasteiger partial charge in [0.25, 0.3) is 5.91 Å². The number of piperazine rings is 1. The molecule has 1 aliphatic rings. The van der Waals surface area contributed by atoms with Crippen LogP contribution in [-0.4, -0.2) is 67.0 Å². The maximum atomic E-state index is 12.2. The number of aromatic nitrogens is 1. The zero-order valence-corrected chi connectivity index (χ0v) is 13.0. The number of nitrogens with two attached hydrogens (primary N) is 1. The number of anilines is 1. The molecule has 1 saturated heterocycles. The van der Waals surface area contributed by atoms with E-state index in [1.165, 1.54) is 0 Å². The number of amides is 1. The highest BCUT2D eigenvalue weighted by Gasteiger charge is 2.23. The van der Waals surface area contributed by atoms with E-state index in [4.69, 9.17) is 17.4 Å². The molecular weight excluding hydrogens is 292 g/mol. The van der Waals surface area contributed by atoms with Gasteiger partial charge in [-0.25, -0.2) is 10.8 Å². The van der Waals surface area contributed by atoms with Crippen LogP contribution in [0.15, 0.2) is 12.1 Å². The molecule has 1 aromatic rings. The molecule has 1 aliphatic heterocycles. The second kappa shape index (κ2) is 7.04. The summed E-state index contributed by atoms with van der Waals surface area (Å²) in [6.45, 7) is 3.50.